The number of aliphatic imine (C=N–C) groups is 1. The molecule has 92 valence electrons. The molecule has 0 unspecified atom stereocenters. The van der Waals surface area contributed by atoms with Crippen molar-refractivity contribution in [1.29, 1.82) is 0 Å². The number of hydrogen-bond acceptors (Lipinski definition) is 4. The molecule has 1 aliphatic heterocycles. The van der Waals surface area contributed by atoms with Crippen molar-refractivity contribution in [3.05, 3.63) is 0 Å². The maximum absolute atomic E-state index is 9.17. The highest BCUT2D eigenvalue weighted by Crippen LogP contribution is 2.40. The molecule has 0 spiro atoms. The Hall–Kier alpha value is -0.770. The van der Waals surface area contributed by atoms with Gasteiger partial charge in [0.25, 0.3) is 0 Å². The van der Waals surface area contributed by atoms with Gasteiger partial charge in [-0.3, -0.25) is 4.99 Å². The van der Waals surface area contributed by atoms with Gasteiger partial charge in [0.2, 0.25) is 0 Å². The fourth-order valence-electron chi connectivity index (χ4n) is 2.87. The molecule has 0 aromatic carbocycles. The van der Waals surface area contributed by atoms with Crippen LogP contribution in [0.2, 0.25) is 0 Å². The van der Waals surface area contributed by atoms with E-state index in [1.54, 1.807) is 0 Å². The molecule has 0 amide bonds. The van der Waals surface area contributed by atoms with E-state index in [4.69, 9.17) is 5.11 Å². The van der Waals surface area contributed by atoms with E-state index >= 15 is 0 Å². The molecule has 1 heterocycles. The van der Waals surface area contributed by atoms with Crippen molar-refractivity contribution in [2.24, 2.45) is 10.4 Å². The van der Waals surface area contributed by atoms with Crippen LogP contribution in [-0.4, -0.2) is 49.3 Å². The van der Waals surface area contributed by atoms with Gasteiger partial charge in [0.15, 0.2) is 5.96 Å². The van der Waals surface area contributed by atoms with E-state index < -0.39 is 0 Å². The van der Waals surface area contributed by atoms with Gasteiger partial charge in [-0.2, -0.15) is 0 Å². The lowest BCUT2D eigenvalue weighted by molar-refractivity contribution is 0.185. The molecule has 1 fully saturated rings. The molecule has 1 aliphatic carbocycles. The molecule has 2 aliphatic rings. The van der Waals surface area contributed by atoms with Crippen LogP contribution in [0.1, 0.15) is 32.1 Å². The van der Waals surface area contributed by atoms with E-state index in [9.17, 15) is 0 Å². The van der Waals surface area contributed by atoms with Crippen LogP contribution >= 0.6 is 0 Å². The Bertz CT molecular complexity index is 259. The summed E-state index contributed by atoms with van der Waals surface area (Å²) >= 11 is 0. The largest absolute Gasteiger partial charge is 0.396 e. The van der Waals surface area contributed by atoms with E-state index in [1.165, 1.54) is 25.7 Å². The average Bonchev–Trinajstić information content (AvgIpc) is 2.86. The third-order valence-electron chi connectivity index (χ3n) is 3.99. The molecule has 4 nitrogen and oxygen atoms in total. The minimum absolute atomic E-state index is 0.310. The van der Waals surface area contributed by atoms with Gasteiger partial charge in [0, 0.05) is 26.7 Å². The summed E-state index contributed by atoms with van der Waals surface area (Å²) in [6.07, 6.45) is 6.04. The van der Waals surface area contributed by atoms with Crippen molar-refractivity contribution in [3.8, 4) is 0 Å². The molecule has 0 saturated heterocycles. The van der Waals surface area contributed by atoms with Crippen LogP contribution in [0.25, 0.3) is 0 Å². The van der Waals surface area contributed by atoms with Gasteiger partial charge in [0.1, 0.15) is 0 Å². The first kappa shape index (κ1) is 11.7. The van der Waals surface area contributed by atoms with Crippen LogP contribution in [0.4, 0.5) is 0 Å². The van der Waals surface area contributed by atoms with E-state index in [-0.39, 0.29) is 0 Å². The summed E-state index contributed by atoms with van der Waals surface area (Å²) in [5.74, 6) is 1.03. The SMILES string of the molecule is CN1CCN=C1NCC1(CCO)CCCC1. The maximum Gasteiger partial charge on any atom is 0.193 e. The first-order valence-electron chi connectivity index (χ1n) is 6.36. The number of guanidine groups is 1. The zero-order chi connectivity index (χ0) is 11.4. The number of nitrogens with one attached hydrogen (secondary N) is 1. The van der Waals surface area contributed by atoms with Gasteiger partial charge in [-0.05, 0) is 24.7 Å². The Morgan fingerprint density at radius 3 is 2.75 bits per heavy atom. The first-order valence-corrected chi connectivity index (χ1v) is 6.36. The van der Waals surface area contributed by atoms with E-state index in [0.29, 0.717) is 12.0 Å². The summed E-state index contributed by atoms with van der Waals surface area (Å²) in [6.45, 7) is 3.21. The standard InChI is InChI=1S/C12H23N3O/c1-15-8-7-13-11(15)14-10-12(6-9-16)4-2-3-5-12/h16H,2-10H2,1H3,(H,13,14). The molecule has 2 N–H and O–H groups in total. The minimum atomic E-state index is 0.310. The lowest BCUT2D eigenvalue weighted by atomic mass is 9.83. The lowest BCUT2D eigenvalue weighted by Crippen LogP contribution is -2.42. The Labute approximate surface area is 97.7 Å². The number of hydrogen-bond donors (Lipinski definition) is 2. The Kier molecular flexibility index (Phi) is 3.69. The van der Waals surface area contributed by atoms with Crippen LogP contribution in [0.3, 0.4) is 0 Å². The molecule has 4 heteroatoms. The zero-order valence-corrected chi connectivity index (χ0v) is 10.2. The summed E-state index contributed by atoms with van der Waals surface area (Å²) in [5, 5.41) is 12.6. The monoisotopic (exact) mass is 225 g/mol. The van der Waals surface area contributed by atoms with Gasteiger partial charge in [-0.15, -0.1) is 0 Å². The number of aliphatic hydroxyl groups is 1. The zero-order valence-electron chi connectivity index (χ0n) is 10.2. The van der Waals surface area contributed by atoms with Crippen LogP contribution in [0.15, 0.2) is 4.99 Å². The molecule has 2 rings (SSSR count). The van der Waals surface area contributed by atoms with Crippen LogP contribution < -0.4 is 5.32 Å². The second-order valence-corrected chi connectivity index (χ2v) is 5.16. The van der Waals surface area contributed by atoms with Crippen LogP contribution in [-0.2, 0) is 0 Å². The fourth-order valence-corrected chi connectivity index (χ4v) is 2.87. The lowest BCUT2D eigenvalue weighted by Gasteiger charge is -2.30. The summed E-state index contributed by atoms with van der Waals surface area (Å²) in [5.41, 5.74) is 0.320. The van der Waals surface area contributed by atoms with Gasteiger partial charge >= 0.3 is 0 Å². The normalized spacial score (nSPS) is 23.6. The van der Waals surface area contributed by atoms with Crippen molar-refractivity contribution in [3.63, 3.8) is 0 Å². The molecular formula is C12H23N3O. The molecule has 1 saturated carbocycles. The van der Waals surface area contributed by atoms with Crippen molar-refractivity contribution < 1.29 is 5.11 Å². The molecule has 0 aromatic rings. The smallest absolute Gasteiger partial charge is 0.193 e. The Morgan fingerprint density at radius 2 is 2.19 bits per heavy atom. The minimum Gasteiger partial charge on any atom is -0.396 e. The molecular weight excluding hydrogens is 202 g/mol. The molecule has 16 heavy (non-hydrogen) atoms. The van der Waals surface area contributed by atoms with Crippen LogP contribution in [0, 0.1) is 5.41 Å². The summed E-state index contributed by atoms with van der Waals surface area (Å²) in [4.78, 5) is 6.61. The summed E-state index contributed by atoms with van der Waals surface area (Å²) in [6, 6.07) is 0. The predicted octanol–water partition coefficient (Wildman–Crippen LogP) is 0.820. The average molecular weight is 225 g/mol. The summed E-state index contributed by atoms with van der Waals surface area (Å²) < 4.78 is 0. The van der Waals surface area contributed by atoms with Gasteiger partial charge in [-0.1, -0.05) is 12.8 Å². The predicted molar refractivity (Wildman–Crippen MR) is 65.5 cm³/mol. The fraction of sp³-hybridized carbons (Fsp3) is 0.917. The third-order valence-corrected chi connectivity index (χ3v) is 3.99. The number of nitrogens with zero attached hydrogens (tertiary/aromatic N) is 2. The molecule has 0 radical (unpaired) electrons. The van der Waals surface area contributed by atoms with E-state index in [1.807, 2.05) is 0 Å². The second kappa shape index (κ2) is 5.04. The second-order valence-electron chi connectivity index (χ2n) is 5.16. The molecule has 0 atom stereocenters. The van der Waals surface area contributed by atoms with Crippen LogP contribution in [0.5, 0.6) is 0 Å². The van der Waals surface area contributed by atoms with Gasteiger partial charge in [-0.25, -0.2) is 0 Å². The highest BCUT2D eigenvalue weighted by molar-refractivity contribution is 5.81. The van der Waals surface area contributed by atoms with Gasteiger partial charge < -0.3 is 15.3 Å². The van der Waals surface area contributed by atoms with Crippen molar-refractivity contribution in [2.45, 2.75) is 32.1 Å². The highest BCUT2D eigenvalue weighted by Gasteiger charge is 2.33. The first-order chi connectivity index (χ1) is 7.76. The van der Waals surface area contributed by atoms with Gasteiger partial charge in [0.05, 0.1) is 6.54 Å². The number of aliphatic hydroxyl groups excluding tert-OH is 1. The summed E-state index contributed by atoms with van der Waals surface area (Å²) in [7, 11) is 2.08. The Morgan fingerprint density at radius 1 is 1.44 bits per heavy atom. The number of rotatable bonds is 4. The third kappa shape index (κ3) is 2.48. The van der Waals surface area contributed by atoms with E-state index in [0.717, 1.165) is 32.0 Å². The number of likely N-dealkylation sites (N-methyl/N-ethyl adjacent to an activating group) is 1. The topological polar surface area (TPSA) is 47.9 Å². The quantitative estimate of drug-likeness (QED) is 0.744. The van der Waals surface area contributed by atoms with Crippen molar-refractivity contribution in [2.75, 3.05) is 33.3 Å². The highest BCUT2D eigenvalue weighted by atomic mass is 16.3. The van der Waals surface area contributed by atoms with E-state index in [2.05, 4.69) is 22.3 Å². The molecule has 0 bridgehead atoms. The Balaban J connectivity index is 1.86. The van der Waals surface area contributed by atoms with Crippen molar-refractivity contribution >= 4 is 5.96 Å². The maximum atomic E-state index is 9.17. The van der Waals surface area contributed by atoms with Crippen molar-refractivity contribution in [1.82, 2.24) is 10.2 Å². The molecule has 0 aromatic heterocycles.